The number of hydrogen-bond acceptors (Lipinski definition) is 3. The zero-order valence-electron chi connectivity index (χ0n) is 15.1. The van der Waals surface area contributed by atoms with Gasteiger partial charge in [-0.25, -0.2) is 9.50 Å². The Morgan fingerprint density at radius 3 is 2.30 bits per heavy atom. The van der Waals surface area contributed by atoms with Crippen molar-refractivity contribution in [3.8, 4) is 34.4 Å². The van der Waals surface area contributed by atoms with Crippen LogP contribution in [-0.4, -0.2) is 26.3 Å². The minimum atomic E-state index is 0.0449. The molecule has 0 amide bonds. The molecular formula is C23H19N3O. The minimum absolute atomic E-state index is 0.0449. The van der Waals surface area contributed by atoms with E-state index in [-0.39, 0.29) is 6.61 Å². The van der Waals surface area contributed by atoms with Gasteiger partial charge < -0.3 is 5.11 Å². The summed E-state index contributed by atoms with van der Waals surface area (Å²) in [6.45, 7) is 1.98. The Morgan fingerprint density at radius 1 is 0.963 bits per heavy atom. The second-order valence-corrected chi connectivity index (χ2v) is 6.23. The monoisotopic (exact) mass is 353 g/mol. The van der Waals surface area contributed by atoms with Gasteiger partial charge in [-0.3, -0.25) is 0 Å². The lowest BCUT2D eigenvalue weighted by Crippen LogP contribution is -1.99. The van der Waals surface area contributed by atoms with Crippen molar-refractivity contribution < 1.29 is 5.11 Å². The molecule has 4 aromatic rings. The van der Waals surface area contributed by atoms with Crippen LogP contribution in [0, 0.1) is 18.8 Å². The van der Waals surface area contributed by atoms with Gasteiger partial charge >= 0.3 is 0 Å². The molecule has 4 heteroatoms. The van der Waals surface area contributed by atoms with Crippen LogP contribution in [0.2, 0.25) is 0 Å². The van der Waals surface area contributed by atoms with Crippen molar-refractivity contribution in [1.29, 1.82) is 0 Å². The molecule has 0 saturated heterocycles. The van der Waals surface area contributed by atoms with E-state index in [0.29, 0.717) is 6.42 Å². The van der Waals surface area contributed by atoms with Crippen LogP contribution in [0.4, 0.5) is 0 Å². The molecule has 2 heterocycles. The topological polar surface area (TPSA) is 50.4 Å². The molecular weight excluding hydrogens is 334 g/mol. The van der Waals surface area contributed by atoms with Gasteiger partial charge in [-0.2, -0.15) is 5.10 Å². The predicted octanol–water partition coefficient (Wildman–Crippen LogP) is 4.11. The van der Waals surface area contributed by atoms with Crippen LogP contribution >= 0.6 is 0 Å². The zero-order valence-corrected chi connectivity index (χ0v) is 15.1. The van der Waals surface area contributed by atoms with E-state index >= 15 is 0 Å². The summed E-state index contributed by atoms with van der Waals surface area (Å²) >= 11 is 0. The van der Waals surface area contributed by atoms with Gasteiger partial charge in [0.1, 0.15) is 0 Å². The average molecular weight is 353 g/mol. The van der Waals surface area contributed by atoms with Crippen molar-refractivity contribution >= 4 is 5.65 Å². The molecule has 0 radical (unpaired) electrons. The zero-order chi connectivity index (χ0) is 18.6. The van der Waals surface area contributed by atoms with Gasteiger partial charge in [0.2, 0.25) is 0 Å². The third-order valence-corrected chi connectivity index (χ3v) is 4.35. The molecule has 27 heavy (non-hydrogen) atoms. The molecule has 4 rings (SSSR count). The largest absolute Gasteiger partial charge is 0.395 e. The molecule has 0 aliphatic rings. The number of aromatic nitrogens is 3. The van der Waals surface area contributed by atoms with Crippen LogP contribution in [0.1, 0.15) is 17.7 Å². The number of rotatable bonds is 3. The summed E-state index contributed by atoms with van der Waals surface area (Å²) in [6, 6.07) is 22.3. The predicted molar refractivity (Wildman–Crippen MR) is 107 cm³/mol. The number of hydrogen-bond donors (Lipinski definition) is 1. The first kappa shape index (κ1) is 17.0. The Hall–Kier alpha value is -3.42. The lowest BCUT2D eigenvalue weighted by Gasteiger charge is -2.09. The van der Waals surface area contributed by atoms with Crippen molar-refractivity contribution in [2.75, 3.05) is 6.61 Å². The maximum atomic E-state index is 9.02. The fraction of sp³-hybridized carbons (Fsp3) is 0.130. The lowest BCUT2D eigenvalue weighted by atomic mass is 10.1. The highest BCUT2D eigenvalue weighted by Crippen LogP contribution is 2.28. The van der Waals surface area contributed by atoms with Gasteiger partial charge in [0.05, 0.1) is 29.3 Å². The molecule has 0 fully saturated rings. The summed E-state index contributed by atoms with van der Waals surface area (Å²) in [5, 5.41) is 13.7. The standard InChI is InChI=1S/C23H19N3O/c1-17-20(14-8-9-15-27)23-24-21(18-10-4-2-5-11-18)16-22(26(23)25-17)19-12-6-3-7-13-19/h2-7,10-13,16,27H,9,15H2,1H3. The Balaban J connectivity index is 2.01. The van der Waals surface area contributed by atoms with E-state index in [1.807, 2.05) is 60.0 Å². The summed E-state index contributed by atoms with van der Waals surface area (Å²) in [7, 11) is 0. The van der Waals surface area contributed by atoms with E-state index in [1.165, 1.54) is 0 Å². The van der Waals surface area contributed by atoms with E-state index in [0.717, 1.165) is 39.4 Å². The van der Waals surface area contributed by atoms with Crippen molar-refractivity contribution in [2.45, 2.75) is 13.3 Å². The van der Waals surface area contributed by atoms with E-state index in [1.54, 1.807) is 0 Å². The number of benzene rings is 2. The lowest BCUT2D eigenvalue weighted by molar-refractivity contribution is 0.305. The number of aryl methyl sites for hydroxylation is 1. The van der Waals surface area contributed by atoms with E-state index in [9.17, 15) is 0 Å². The average Bonchev–Trinajstić information content (AvgIpc) is 3.04. The van der Waals surface area contributed by atoms with Crippen molar-refractivity contribution in [1.82, 2.24) is 14.6 Å². The molecule has 0 aliphatic heterocycles. The van der Waals surface area contributed by atoms with E-state index in [2.05, 4.69) is 30.0 Å². The van der Waals surface area contributed by atoms with Gasteiger partial charge in [-0.05, 0) is 13.0 Å². The SMILES string of the molecule is Cc1nn2c(-c3ccccc3)cc(-c3ccccc3)nc2c1C#CCCO. The first-order valence-electron chi connectivity index (χ1n) is 8.89. The molecule has 2 aromatic heterocycles. The highest BCUT2D eigenvalue weighted by atomic mass is 16.2. The molecule has 0 saturated carbocycles. The Kier molecular flexibility index (Phi) is 4.69. The fourth-order valence-electron chi connectivity index (χ4n) is 3.05. The molecule has 0 spiro atoms. The second kappa shape index (κ2) is 7.45. The summed E-state index contributed by atoms with van der Waals surface area (Å²) in [4.78, 5) is 4.87. The number of aliphatic hydroxyl groups is 1. The van der Waals surface area contributed by atoms with Crippen LogP contribution in [0.5, 0.6) is 0 Å². The van der Waals surface area contributed by atoms with E-state index < -0.39 is 0 Å². The van der Waals surface area contributed by atoms with Crippen LogP contribution in [0.3, 0.4) is 0 Å². The van der Waals surface area contributed by atoms with Crippen LogP contribution in [-0.2, 0) is 0 Å². The van der Waals surface area contributed by atoms with Gasteiger partial charge in [0.15, 0.2) is 5.65 Å². The summed E-state index contributed by atoms with van der Waals surface area (Å²) < 4.78 is 1.86. The quantitative estimate of drug-likeness (QED) is 0.564. The third kappa shape index (κ3) is 3.33. The number of nitrogens with zero attached hydrogens (tertiary/aromatic N) is 3. The second-order valence-electron chi connectivity index (χ2n) is 6.23. The number of aliphatic hydroxyl groups excluding tert-OH is 1. The Morgan fingerprint density at radius 2 is 1.63 bits per heavy atom. The maximum absolute atomic E-state index is 9.02. The van der Waals surface area contributed by atoms with Crippen LogP contribution < -0.4 is 0 Å². The first-order valence-corrected chi connectivity index (χ1v) is 8.89. The minimum Gasteiger partial charge on any atom is -0.395 e. The maximum Gasteiger partial charge on any atom is 0.172 e. The molecule has 0 bridgehead atoms. The molecule has 1 N–H and O–H groups in total. The van der Waals surface area contributed by atoms with Crippen molar-refractivity contribution in [3.63, 3.8) is 0 Å². The highest BCUT2D eigenvalue weighted by molar-refractivity contribution is 5.74. The van der Waals surface area contributed by atoms with Crippen molar-refractivity contribution in [2.24, 2.45) is 0 Å². The summed E-state index contributed by atoms with van der Waals surface area (Å²) in [6.07, 6.45) is 0.431. The number of fused-ring (bicyclic) bond motifs is 1. The highest BCUT2D eigenvalue weighted by Gasteiger charge is 2.15. The van der Waals surface area contributed by atoms with Crippen LogP contribution in [0.15, 0.2) is 66.7 Å². The molecule has 0 atom stereocenters. The van der Waals surface area contributed by atoms with Crippen molar-refractivity contribution in [3.05, 3.63) is 78.0 Å². The molecule has 4 nitrogen and oxygen atoms in total. The van der Waals surface area contributed by atoms with Gasteiger partial charge in [0.25, 0.3) is 0 Å². The third-order valence-electron chi connectivity index (χ3n) is 4.35. The van der Waals surface area contributed by atoms with E-state index in [4.69, 9.17) is 15.2 Å². The normalized spacial score (nSPS) is 10.6. The van der Waals surface area contributed by atoms with Gasteiger partial charge in [-0.1, -0.05) is 72.5 Å². The molecule has 132 valence electrons. The molecule has 2 aromatic carbocycles. The smallest absolute Gasteiger partial charge is 0.172 e. The fourth-order valence-corrected chi connectivity index (χ4v) is 3.05. The van der Waals surface area contributed by atoms with Gasteiger partial charge in [0, 0.05) is 17.5 Å². The molecule has 0 unspecified atom stereocenters. The molecule has 0 aliphatic carbocycles. The summed E-state index contributed by atoms with van der Waals surface area (Å²) in [5.41, 5.74) is 6.33. The Labute approximate surface area is 158 Å². The summed E-state index contributed by atoms with van der Waals surface area (Å²) in [5.74, 6) is 6.13. The Bertz CT molecular complexity index is 1140. The van der Waals surface area contributed by atoms with Crippen LogP contribution in [0.25, 0.3) is 28.2 Å². The van der Waals surface area contributed by atoms with Gasteiger partial charge in [-0.15, -0.1) is 0 Å². The first-order chi connectivity index (χ1) is 13.3.